The van der Waals surface area contributed by atoms with E-state index in [4.69, 9.17) is 0 Å². The van der Waals surface area contributed by atoms with E-state index in [0.717, 1.165) is 6.92 Å². The molecule has 0 amide bonds. The maximum atomic E-state index is 13.8. The third-order valence-electron chi connectivity index (χ3n) is 2.66. The molecule has 0 saturated heterocycles. The molecule has 0 bridgehead atoms. The normalized spacial score (nSPS) is 10.4. The summed E-state index contributed by atoms with van der Waals surface area (Å²) >= 11 is 0. The monoisotopic (exact) mass is 283 g/mol. The molecule has 0 heterocycles. The first-order chi connectivity index (χ1) is 9.43. The van der Waals surface area contributed by atoms with Crippen molar-refractivity contribution >= 4 is 17.2 Å². The zero-order chi connectivity index (χ0) is 14.9. The summed E-state index contributed by atoms with van der Waals surface area (Å²) in [6, 6.07) is 7.89. The van der Waals surface area contributed by atoms with Gasteiger partial charge in [-0.15, -0.1) is 0 Å². The number of ketones is 1. The van der Waals surface area contributed by atoms with Crippen molar-refractivity contribution in [1.82, 2.24) is 0 Å². The van der Waals surface area contributed by atoms with Gasteiger partial charge in [-0.3, -0.25) is 4.79 Å². The van der Waals surface area contributed by atoms with E-state index >= 15 is 0 Å². The second-order valence-electron chi connectivity index (χ2n) is 4.05. The molecule has 2 rings (SSSR count). The van der Waals surface area contributed by atoms with E-state index in [1.54, 1.807) is 18.2 Å². The number of benzene rings is 2. The van der Waals surface area contributed by atoms with Crippen molar-refractivity contribution in [3.05, 3.63) is 59.2 Å². The average molecular weight is 283 g/mol. The van der Waals surface area contributed by atoms with Crippen LogP contribution in [-0.4, -0.2) is 5.78 Å². The highest BCUT2D eigenvalue weighted by Crippen LogP contribution is 2.31. The number of para-hydroxylation sites is 1. The lowest BCUT2D eigenvalue weighted by Gasteiger charge is -2.13. The summed E-state index contributed by atoms with van der Waals surface area (Å²) in [5.41, 5.74) is -1.27. The Morgan fingerprint density at radius 1 is 0.900 bits per heavy atom. The molecule has 0 aliphatic heterocycles. The van der Waals surface area contributed by atoms with Crippen LogP contribution in [0.25, 0.3) is 0 Å². The molecule has 0 aliphatic carbocycles. The quantitative estimate of drug-likeness (QED) is 0.396. The maximum absolute atomic E-state index is 13.8. The van der Waals surface area contributed by atoms with Crippen LogP contribution in [0.2, 0.25) is 0 Å². The summed E-state index contributed by atoms with van der Waals surface area (Å²) in [7, 11) is 0. The van der Waals surface area contributed by atoms with Gasteiger partial charge in [0.25, 0.3) is 0 Å². The number of halogens is 4. The van der Waals surface area contributed by atoms with Crippen molar-refractivity contribution < 1.29 is 22.4 Å². The Hall–Kier alpha value is -2.37. The number of anilines is 2. The molecular weight excluding hydrogens is 274 g/mol. The average Bonchev–Trinajstić information content (AvgIpc) is 2.43. The van der Waals surface area contributed by atoms with E-state index in [1.807, 2.05) is 0 Å². The second kappa shape index (κ2) is 5.32. The maximum Gasteiger partial charge on any atom is 0.199 e. The molecule has 20 heavy (non-hydrogen) atoms. The number of rotatable bonds is 3. The SMILES string of the molecule is CC(=O)c1c(F)c(F)c(F)c(F)c1Nc1ccccc1. The molecule has 2 nitrogen and oxygen atoms in total. The summed E-state index contributed by atoms with van der Waals surface area (Å²) in [6.07, 6.45) is 0. The molecular formula is C14H9F4NO. The smallest absolute Gasteiger partial charge is 0.199 e. The zero-order valence-corrected chi connectivity index (χ0v) is 10.3. The number of hydrogen-bond donors (Lipinski definition) is 1. The van der Waals surface area contributed by atoms with Crippen LogP contribution in [0.15, 0.2) is 30.3 Å². The number of hydrogen-bond acceptors (Lipinski definition) is 2. The lowest BCUT2D eigenvalue weighted by Crippen LogP contribution is -2.11. The largest absolute Gasteiger partial charge is 0.352 e. The van der Waals surface area contributed by atoms with Gasteiger partial charge >= 0.3 is 0 Å². The summed E-state index contributed by atoms with van der Waals surface area (Å²) in [6.45, 7) is 0.936. The van der Waals surface area contributed by atoms with Crippen LogP contribution in [0.1, 0.15) is 17.3 Å². The van der Waals surface area contributed by atoms with Gasteiger partial charge in [-0.25, -0.2) is 17.6 Å². The highest BCUT2D eigenvalue weighted by atomic mass is 19.2. The van der Waals surface area contributed by atoms with Crippen LogP contribution in [0.4, 0.5) is 28.9 Å². The first kappa shape index (κ1) is 14.0. The molecule has 0 fully saturated rings. The molecule has 0 radical (unpaired) electrons. The van der Waals surface area contributed by atoms with Crippen LogP contribution in [-0.2, 0) is 0 Å². The minimum Gasteiger partial charge on any atom is -0.352 e. The predicted octanol–water partition coefficient (Wildman–Crippen LogP) is 4.19. The van der Waals surface area contributed by atoms with Crippen molar-refractivity contribution in [1.29, 1.82) is 0 Å². The van der Waals surface area contributed by atoms with Gasteiger partial charge in [-0.2, -0.15) is 0 Å². The Labute approximate surface area is 112 Å². The van der Waals surface area contributed by atoms with E-state index < -0.39 is 40.3 Å². The Morgan fingerprint density at radius 2 is 1.45 bits per heavy atom. The zero-order valence-electron chi connectivity index (χ0n) is 10.3. The van der Waals surface area contributed by atoms with Crippen LogP contribution >= 0.6 is 0 Å². The number of carbonyl (C=O) groups is 1. The van der Waals surface area contributed by atoms with E-state index in [-0.39, 0.29) is 0 Å². The van der Waals surface area contributed by atoms with E-state index in [0.29, 0.717) is 5.69 Å². The Balaban J connectivity index is 2.65. The summed E-state index contributed by atoms with van der Waals surface area (Å²) in [4.78, 5) is 11.4. The van der Waals surface area contributed by atoms with Gasteiger partial charge in [-0.05, 0) is 19.1 Å². The molecule has 6 heteroatoms. The fourth-order valence-corrected chi connectivity index (χ4v) is 1.75. The molecule has 0 aromatic heterocycles. The molecule has 0 saturated carbocycles. The molecule has 0 atom stereocenters. The molecule has 0 spiro atoms. The molecule has 0 aliphatic rings. The molecule has 1 N–H and O–H groups in total. The van der Waals surface area contributed by atoms with Crippen LogP contribution in [0.5, 0.6) is 0 Å². The molecule has 2 aromatic carbocycles. The third-order valence-corrected chi connectivity index (χ3v) is 2.66. The van der Waals surface area contributed by atoms with Crippen LogP contribution < -0.4 is 5.32 Å². The minimum atomic E-state index is -2.01. The van der Waals surface area contributed by atoms with E-state index in [1.165, 1.54) is 12.1 Å². The van der Waals surface area contributed by atoms with Gasteiger partial charge in [0.15, 0.2) is 29.1 Å². The predicted molar refractivity (Wildman–Crippen MR) is 66.0 cm³/mol. The van der Waals surface area contributed by atoms with E-state index in [2.05, 4.69) is 5.32 Å². The first-order valence-corrected chi connectivity index (χ1v) is 5.62. The summed E-state index contributed by atoms with van der Waals surface area (Å²) in [5.74, 6) is -8.25. The lowest BCUT2D eigenvalue weighted by atomic mass is 10.1. The van der Waals surface area contributed by atoms with Gasteiger partial charge in [0.2, 0.25) is 0 Å². The number of nitrogens with one attached hydrogen (secondary N) is 1. The van der Waals surface area contributed by atoms with Gasteiger partial charge in [0.1, 0.15) is 0 Å². The molecule has 0 unspecified atom stereocenters. The highest BCUT2D eigenvalue weighted by molar-refractivity contribution is 6.00. The molecule has 104 valence electrons. The Kier molecular flexibility index (Phi) is 3.74. The van der Waals surface area contributed by atoms with Crippen molar-refractivity contribution in [3.63, 3.8) is 0 Å². The highest BCUT2D eigenvalue weighted by Gasteiger charge is 2.27. The van der Waals surface area contributed by atoms with Gasteiger partial charge in [-0.1, -0.05) is 18.2 Å². The van der Waals surface area contributed by atoms with E-state index in [9.17, 15) is 22.4 Å². The van der Waals surface area contributed by atoms with Gasteiger partial charge in [0.05, 0.1) is 11.3 Å². The number of Topliss-reactive ketones (excluding diaryl/α,β-unsaturated/α-hetero) is 1. The first-order valence-electron chi connectivity index (χ1n) is 5.62. The summed E-state index contributed by atoms with van der Waals surface area (Å²) in [5, 5.41) is 2.39. The fourth-order valence-electron chi connectivity index (χ4n) is 1.75. The van der Waals surface area contributed by atoms with Crippen molar-refractivity contribution in [2.45, 2.75) is 6.92 Å². The van der Waals surface area contributed by atoms with Gasteiger partial charge in [0, 0.05) is 5.69 Å². The Morgan fingerprint density at radius 3 is 2.00 bits per heavy atom. The second-order valence-corrected chi connectivity index (χ2v) is 4.05. The number of carbonyl (C=O) groups excluding carboxylic acids is 1. The third kappa shape index (κ3) is 2.36. The van der Waals surface area contributed by atoms with Crippen LogP contribution in [0.3, 0.4) is 0 Å². The van der Waals surface area contributed by atoms with Gasteiger partial charge < -0.3 is 5.32 Å². The van der Waals surface area contributed by atoms with Crippen molar-refractivity contribution in [3.8, 4) is 0 Å². The van der Waals surface area contributed by atoms with Crippen LogP contribution in [0, 0.1) is 23.3 Å². The standard InChI is InChI=1S/C14H9F4NO/c1-7(20)9-10(15)11(16)12(17)13(18)14(9)19-8-5-3-2-4-6-8/h2-6,19H,1H3. The molecule has 2 aromatic rings. The van der Waals surface area contributed by atoms with Crippen molar-refractivity contribution in [2.24, 2.45) is 0 Å². The topological polar surface area (TPSA) is 29.1 Å². The Bertz CT molecular complexity index is 671. The van der Waals surface area contributed by atoms with Crippen molar-refractivity contribution in [2.75, 3.05) is 5.32 Å². The summed E-state index contributed by atoms with van der Waals surface area (Å²) < 4.78 is 53.8. The fraction of sp³-hybridized carbons (Fsp3) is 0.0714. The minimum absolute atomic E-state index is 0.305. The lowest BCUT2D eigenvalue weighted by molar-refractivity contribution is 0.101.